The predicted octanol–water partition coefficient (Wildman–Crippen LogP) is 3.44. The topological polar surface area (TPSA) is 62.3 Å². The van der Waals surface area contributed by atoms with Gasteiger partial charge in [-0.05, 0) is 37.3 Å². The number of benzene rings is 1. The van der Waals surface area contributed by atoms with E-state index in [-0.39, 0.29) is 11.7 Å². The van der Waals surface area contributed by atoms with Crippen LogP contribution in [0.2, 0.25) is 0 Å². The van der Waals surface area contributed by atoms with E-state index in [2.05, 4.69) is 21.8 Å². The molecule has 0 spiro atoms. The van der Waals surface area contributed by atoms with Crippen LogP contribution in [0.1, 0.15) is 12.5 Å². The van der Waals surface area contributed by atoms with Gasteiger partial charge in [-0.1, -0.05) is 29.7 Å². The largest absolute Gasteiger partial charge is 0.338 e. The molecule has 0 bridgehead atoms. The van der Waals surface area contributed by atoms with E-state index in [1.807, 2.05) is 36.4 Å². The van der Waals surface area contributed by atoms with Crippen LogP contribution in [-0.4, -0.2) is 16.7 Å². The highest BCUT2D eigenvalue weighted by Crippen LogP contribution is 2.35. The molecular weight excluding hydrogens is 326 g/mol. The van der Waals surface area contributed by atoms with E-state index in [0.717, 1.165) is 22.8 Å². The number of hydrogen-bond acceptors (Lipinski definition) is 4. The van der Waals surface area contributed by atoms with Crippen molar-refractivity contribution < 1.29 is 9.59 Å². The number of amides is 1. The van der Waals surface area contributed by atoms with Crippen LogP contribution in [0, 0.1) is 0 Å². The number of allylic oxidation sites excluding steroid dienone is 2. The first-order valence-electron chi connectivity index (χ1n) is 8.20. The highest BCUT2D eigenvalue weighted by molar-refractivity contribution is 6.10. The molecule has 5 heteroatoms. The molecule has 0 saturated carbocycles. The van der Waals surface area contributed by atoms with Gasteiger partial charge in [0.2, 0.25) is 0 Å². The van der Waals surface area contributed by atoms with Gasteiger partial charge in [0.15, 0.2) is 5.78 Å². The summed E-state index contributed by atoms with van der Waals surface area (Å²) in [6, 6.07) is 11.4. The minimum atomic E-state index is -0.206. The number of rotatable bonds is 2. The Morgan fingerprint density at radius 2 is 1.85 bits per heavy atom. The van der Waals surface area contributed by atoms with E-state index >= 15 is 0 Å². The first-order valence-corrected chi connectivity index (χ1v) is 8.20. The summed E-state index contributed by atoms with van der Waals surface area (Å²) in [4.78, 5) is 30.6. The number of carbonyl (C=O) groups excluding carboxylic acids is 2. The first kappa shape index (κ1) is 15.9. The van der Waals surface area contributed by atoms with E-state index in [9.17, 15) is 9.59 Å². The van der Waals surface area contributed by atoms with Gasteiger partial charge >= 0.3 is 0 Å². The molecular formula is C21H15N3O2. The molecule has 0 unspecified atom stereocenters. The van der Waals surface area contributed by atoms with Gasteiger partial charge in [-0.25, -0.2) is 4.98 Å². The van der Waals surface area contributed by atoms with E-state index in [1.165, 1.54) is 6.92 Å². The summed E-state index contributed by atoms with van der Waals surface area (Å²) in [5, 5.41) is 3.30. The van der Waals surface area contributed by atoms with Gasteiger partial charge in [-0.15, -0.1) is 0 Å². The number of nitrogens with zero attached hydrogens (tertiary/aromatic N) is 2. The molecule has 0 atom stereocenters. The van der Waals surface area contributed by atoms with Crippen LogP contribution in [0.5, 0.6) is 0 Å². The molecule has 0 fully saturated rings. The number of fused-ring (bicyclic) bond motifs is 2. The summed E-state index contributed by atoms with van der Waals surface area (Å²) < 4.78 is 0. The third kappa shape index (κ3) is 2.78. The summed E-state index contributed by atoms with van der Waals surface area (Å²) in [7, 11) is 0. The summed E-state index contributed by atoms with van der Waals surface area (Å²) in [5.74, 6) is 0.421. The molecule has 2 aliphatic rings. The molecule has 1 aliphatic heterocycles. The van der Waals surface area contributed by atoms with Crippen LogP contribution >= 0.6 is 0 Å². The van der Waals surface area contributed by atoms with Crippen molar-refractivity contribution in [2.75, 3.05) is 10.2 Å². The normalized spacial score (nSPS) is 14.4. The Hall–Kier alpha value is -3.65. The van der Waals surface area contributed by atoms with Gasteiger partial charge < -0.3 is 10.2 Å². The Labute approximate surface area is 150 Å². The fourth-order valence-electron chi connectivity index (χ4n) is 2.92. The van der Waals surface area contributed by atoms with Crippen molar-refractivity contribution in [2.45, 2.75) is 13.5 Å². The van der Waals surface area contributed by atoms with Crippen LogP contribution in [0.15, 0.2) is 77.4 Å². The zero-order chi connectivity index (χ0) is 18.1. The maximum absolute atomic E-state index is 13.1. The monoisotopic (exact) mass is 341 g/mol. The van der Waals surface area contributed by atoms with Gasteiger partial charge in [0.1, 0.15) is 5.82 Å². The quantitative estimate of drug-likeness (QED) is 0.850. The Morgan fingerprint density at radius 1 is 1.08 bits per heavy atom. The number of carbonyl (C=O) groups is 2. The van der Waals surface area contributed by atoms with Crippen LogP contribution in [0.25, 0.3) is 0 Å². The molecule has 4 rings (SSSR count). The van der Waals surface area contributed by atoms with Gasteiger partial charge in [-0.3, -0.25) is 9.59 Å². The molecule has 0 saturated heterocycles. The number of ketones is 1. The lowest BCUT2D eigenvalue weighted by Crippen LogP contribution is -2.30. The van der Waals surface area contributed by atoms with Crippen LogP contribution < -0.4 is 10.2 Å². The number of nitrogens with one attached hydrogen (secondary N) is 1. The maximum atomic E-state index is 13.1. The third-order valence-corrected chi connectivity index (χ3v) is 4.27. The minimum Gasteiger partial charge on any atom is -0.338 e. The third-order valence-electron chi connectivity index (χ3n) is 4.27. The lowest BCUT2D eigenvalue weighted by atomic mass is 10.1. The zero-order valence-corrected chi connectivity index (χ0v) is 14.1. The van der Waals surface area contributed by atoms with Crippen LogP contribution in [0.3, 0.4) is 0 Å². The number of anilines is 3. The fourth-order valence-corrected chi connectivity index (χ4v) is 2.92. The van der Waals surface area contributed by atoms with Crippen molar-refractivity contribution in [1.29, 1.82) is 0 Å². The second-order valence-corrected chi connectivity index (χ2v) is 6.01. The molecule has 5 nitrogen and oxygen atoms in total. The fraction of sp³-hybridized carbons (Fsp3) is 0.0952. The SMILES string of the molecule is CC(=O)C1=C=C=C(C(=O)N2Cc3cccnc3Nc3ccccc32)C=C1. The summed E-state index contributed by atoms with van der Waals surface area (Å²) in [6.45, 7) is 1.84. The Kier molecular flexibility index (Phi) is 3.86. The highest BCUT2D eigenvalue weighted by atomic mass is 16.2. The van der Waals surface area contributed by atoms with Crippen molar-refractivity contribution in [2.24, 2.45) is 0 Å². The molecule has 126 valence electrons. The molecule has 2 aromatic rings. The second kappa shape index (κ2) is 6.34. The average Bonchev–Trinajstić information content (AvgIpc) is 2.84. The lowest BCUT2D eigenvalue weighted by molar-refractivity contribution is -0.115. The molecule has 1 amide bonds. The van der Waals surface area contributed by atoms with Crippen molar-refractivity contribution in [3.8, 4) is 0 Å². The number of aromatic nitrogens is 1. The number of hydrogen-bond donors (Lipinski definition) is 1. The van der Waals surface area contributed by atoms with Gasteiger partial charge in [-0.2, -0.15) is 0 Å². The smallest absolute Gasteiger partial charge is 0.267 e. The molecule has 1 aliphatic carbocycles. The Morgan fingerprint density at radius 3 is 2.62 bits per heavy atom. The van der Waals surface area contributed by atoms with Crippen LogP contribution in [0.4, 0.5) is 17.2 Å². The molecule has 1 aromatic heterocycles. The van der Waals surface area contributed by atoms with Gasteiger partial charge in [0.05, 0.1) is 29.1 Å². The Bertz CT molecular complexity index is 1070. The number of Topliss-reactive ketones (excluding diaryl/α,β-unsaturated/α-hetero) is 1. The van der Waals surface area contributed by atoms with Crippen molar-refractivity contribution in [1.82, 2.24) is 4.98 Å². The molecule has 2 heterocycles. The molecule has 1 aromatic carbocycles. The van der Waals surface area contributed by atoms with E-state index in [1.54, 1.807) is 23.2 Å². The summed E-state index contributed by atoms with van der Waals surface area (Å²) in [6.07, 6.45) is 4.93. The molecule has 0 radical (unpaired) electrons. The first-order chi connectivity index (χ1) is 12.6. The highest BCUT2D eigenvalue weighted by Gasteiger charge is 2.26. The second-order valence-electron chi connectivity index (χ2n) is 6.01. The maximum Gasteiger partial charge on any atom is 0.267 e. The van der Waals surface area contributed by atoms with Gasteiger partial charge in [0, 0.05) is 11.8 Å². The van der Waals surface area contributed by atoms with Crippen molar-refractivity contribution in [3.05, 3.63) is 82.9 Å². The standard InChI is InChI=1S/C21H15N3O2/c1-14(25)15-8-10-16(11-9-15)21(26)24-13-17-5-4-12-22-20(17)23-18-6-2-3-7-19(18)24/h2-8,10,12H,13H2,1H3,(H,22,23). The predicted molar refractivity (Wildman–Crippen MR) is 99.0 cm³/mol. The van der Waals surface area contributed by atoms with Gasteiger partial charge in [0.25, 0.3) is 5.91 Å². The van der Waals surface area contributed by atoms with E-state index < -0.39 is 0 Å². The van der Waals surface area contributed by atoms with Crippen molar-refractivity contribution >= 4 is 28.9 Å². The Balaban J connectivity index is 1.81. The minimum absolute atomic E-state index is 0.107. The van der Waals surface area contributed by atoms with Crippen molar-refractivity contribution in [3.63, 3.8) is 0 Å². The average molecular weight is 341 g/mol. The molecule has 26 heavy (non-hydrogen) atoms. The number of pyridine rings is 1. The van der Waals surface area contributed by atoms with E-state index in [4.69, 9.17) is 0 Å². The van der Waals surface area contributed by atoms with E-state index in [0.29, 0.717) is 17.7 Å². The number of para-hydroxylation sites is 2. The summed E-state index contributed by atoms with van der Waals surface area (Å²) >= 11 is 0. The van der Waals surface area contributed by atoms with Crippen LogP contribution in [-0.2, 0) is 16.1 Å². The lowest BCUT2D eigenvalue weighted by Gasteiger charge is -2.22. The zero-order valence-electron chi connectivity index (χ0n) is 14.1. The summed E-state index contributed by atoms with van der Waals surface area (Å²) in [5.41, 5.74) is 8.84. The molecule has 1 N–H and O–H groups in total.